The number of anilines is 1. The smallest absolute Gasteiger partial charge is 0.239 e. The maximum absolute atomic E-state index is 12.6. The first-order valence-electron chi connectivity index (χ1n) is 7.95. The highest BCUT2D eigenvalue weighted by atomic mass is 35.5. The molecule has 23 heavy (non-hydrogen) atoms. The molecule has 0 aromatic heterocycles. The number of hydrogen-bond acceptors (Lipinski definition) is 2. The lowest BCUT2D eigenvalue weighted by atomic mass is 9.90. The van der Waals surface area contributed by atoms with Crippen molar-refractivity contribution in [3.63, 3.8) is 0 Å². The lowest BCUT2D eigenvalue weighted by molar-refractivity contribution is -0.145. The molecule has 0 heterocycles. The number of halogens is 1. The number of nitrogens with zero attached hydrogens (tertiary/aromatic N) is 1. The van der Waals surface area contributed by atoms with Gasteiger partial charge in [-0.2, -0.15) is 0 Å². The average Bonchev–Trinajstić information content (AvgIpc) is 2.47. The van der Waals surface area contributed by atoms with Crippen LogP contribution in [0, 0.1) is 19.3 Å². The van der Waals surface area contributed by atoms with Gasteiger partial charge in [0.05, 0.1) is 10.7 Å². The van der Waals surface area contributed by atoms with Crippen molar-refractivity contribution in [3.05, 3.63) is 28.3 Å². The Hall–Kier alpha value is -1.55. The normalized spacial score (nSPS) is 11.3. The second-order valence-corrected chi connectivity index (χ2v) is 7.01. The Labute approximate surface area is 144 Å². The standard InChI is InChI=1S/C18H27ClN2O2/c1-7-8-9-21(6)17(23)18(4,5)16(22)20-15-13(3)10-12(2)11-14(15)19/h10-11H,7-9H2,1-6H3,(H,20,22). The lowest BCUT2D eigenvalue weighted by Crippen LogP contribution is -2.46. The summed E-state index contributed by atoms with van der Waals surface area (Å²) < 4.78 is 0. The van der Waals surface area contributed by atoms with E-state index >= 15 is 0 Å². The molecule has 0 saturated heterocycles. The van der Waals surface area contributed by atoms with Crippen molar-refractivity contribution in [2.45, 2.75) is 47.5 Å². The number of amides is 2. The van der Waals surface area contributed by atoms with Gasteiger partial charge in [0, 0.05) is 13.6 Å². The first-order chi connectivity index (χ1) is 10.6. The Kier molecular flexibility index (Phi) is 6.63. The predicted molar refractivity (Wildman–Crippen MR) is 95.9 cm³/mol. The average molecular weight is 339 g/mol. The maximum atomic E-state index is 12.6. The van der Waals surface area contributed by atoms with E-state index in [0.29, 0.717) is 17.3 Å². The lowest BCUT2D eigenvalue weighted by Gasteiger charge is -2.28. The topological polar surface area (TPSA) is 49.4 Å². The van der Waals surface area contributed by atoms with E-state index in [4.69, 9.17) is 11.6 Å². The van der Waals surface area contributed by atoms with Crippen LogP contribution in [0.2, 0.25) is 5.02 Å². The zero-order valence-electron chi connectivity index (χ0n) is 14.9. The summed E-state index contributed by atoms with van der Waals surface area (Å²) in [5.74, 6) is -0.538. The summed E-state index contributed by atoms with van der Waals surface area (Å²) in [4.78, 5) is 26.8. The van der Waals surface area contributed by atoms with Crippen LogP contribution < -0.4 is 5.32 Å². The molecule has 0 unspecified atom stereocenters. The molecule has 2 amide bonds. The SMILES string of the molecule is CCCCN(C)C(=O)C(C)(C)C(=O)Nc1c(C)cc(C)cc1Cl. The predicted octanol–water partition coefficient (Wildman–Crippen LogP) is 4.18. The molecule has 1 N–H and O–H groups in total. The summed E-state index contributed by atoms with van der Waals surface area (Å²) in [6.07, 6.45) is 1.92. The molecule has 0 bridgehead atoms. The van der Waals surface area contributed by atoms with Gasteiger partial charge in [0.25, 0.3) is 0 Å². The molecule has 0 aliphatic carbocycles. The number of rotatable bonds is 6. The number of carbonyl (C=O) groups is 2. The van der Waals surface area contributed by atoms with Gasteiger partial charge in [-0.3, -0.25) is 9.59 Å². The quantitative estimate of drug-likeness (QED) is 0.791. The van der Waals surface area contributed by atoms with Crippen LogP contribution in [0.15, 0.2) is 12.1 Å². The van der Waals surface area contributed by atoms with Gasteiger partial charge in [0.15, 0.2) is 0 Å². The van der Waals surface area contributed by atoms with Crippen LogP contribution in [-0.4, -0.2) is 30.3 Å². The first kappa shape index (κ1) is 19.5. The van der Waals surface area contributed by atoms with E-state index in [2.05, 4.69) is 12.2 Å². The zero-order valence-corrected chi connectivity index (χ0v) is 15.7. The summed E-state index contributed by atoms with van der Waals surface area (Å²) in [7, 11) is 1.73. The van der Waals surface area contributed by atoms with Crippen LogP contribution >= 0.6 is 11.6 Å². The Morgan fingerprint density at radius 2 is 1.87 bits per heavy atom. The molecule has 1 aromatic carbocycles. The zero-order chi connectivity index (χ0) is 17.8. The molecule has 1 rings (SSSR count). The van der Waals surface area contributed by atoms with E-state index in [9.17, 15) is 9.59 Å². The van der Waals surface area contributed by atoms with Gasteiger partial charge in [-0.15, -0.1) is 0 Å². The minimum absolute atomic E-state index is 0.190. The van der Waals surface area contributed by atoms with E-state index in [-0.39, 0.29) is 11.8 Å². The van der Waals surface area contributed by atoms with Crippen molar-refractivity contribution >= 4 is 29.1 Å². The largest absolute Gasteiger partial charge is 0.345 e. The van der Waals surface area contributed by atoms with Crippen molar-refractivity contribution in [1.82, 2.24) is 4.90 Å². The second kappa shape index (κ2) is 7.82. The Morgan fingerprint density at radius 1 is 1.26 bits per heavy atom. The molecule has 5 heteroatoms. The summed E-state index contributed by atoms with van der Waals surface area (Å²) in [6, 6.07) is 3.75. The number of aryl methyl sites for hydroxylation is 2. The van der Waals surface area contributed by atoms with E-state index in [1.165, 1.54) is 0 Å². The summed E-state index contributed by atoms with van der Waals surface area (Å²) in [5, 5.41) is 3.30. The molecular formula is C18H27ClN2O2. The van der Waals surface area contributed by atoms with Crippen molar-refractivity contribution in [1.29, 1.82) is 0 Å². The molecule has 4 nitrogen and oxygen atoms in total. The Balaban J connectivity index is 2.93. The van der Waals surface area contributed by atoms with Crippen LogP contribution in [0.4, 0.5) is 5.69 Å². The molecule has 0 radical (unpaired) electrons. The van der Waals surface area contributed by atoms with Gasteiger partial charge < -0.3 is 10.2 Å². The van der Waals surface area contributed by atoms with Crippen molar-refractivity contribution in [2.24, 2.45) is 5.41 Å². The second-order valence-electron chi connectivity index (χ2n) is 6.60. The minimum Gasteiger partial charge on any atom is -0.345 e. The van der Waals surface area contributed by atoms with E-state index in [0.717, 1.165) is 24.0 Å². The van der Waals surface area contributed by atoms with Crippen LogP contribution in [0.3, 0.4) is 0 Å². The number of benzene rings is 1. The molecule has 0 aliphatic heterocycles. The summed E-state index contributed by atoms with van der Waals surface area (Å²) >= 11 is 6.23. The van der Waals surface area contributed by atoms with Crippen LogP contribution in [0.5, 0.6) is 0 Å². The van der Waals surface area contributed by atoms with Gasteiger partial charge in [-0.05, 0) is 51.3 Å². The van der Waals surface area contributed by atoms with E-state index < -0.39 is 5.41 Å². The molecule has 0 spiro atoms. The third kappa shape index (κ3) is 4.71. The van der Waals surface area contributed by atoms with Crippen LogP contribution in [-0.2, 0) is 9.59 Å². The number of nitrogens with one attached hydrogen (secondary N) is 1. The van der Waals surface area contributed by atoms with Gasteiger partial charge in [0.1, 0.15) is 5.41 Å². The van der Waals surface area contributed by atoms with Crippen LogP contribution in [0.25, 0.3) is 0 Å². The van der Waals surface area contributed by atoms with Crippen LogP contribution in [0.1, 0.15) is 44.7 Å². The van der Waals surface area contributed by atoms with Gasteiger partial charge in [-0.1, -0.05) is 31.0 Å². The monoisotopic (exact) mass is 338 g/mol. The molecule has 0 fully saturated rings. The van der Waals surface area contributed by atoms with Crippen molar-refractivity contribution in [3.8, 4) is 0 Å². The fraction of sp³-hybridized carbons (Fsp3) is 0.556. The highest BCUT2D eigenvalue weighted by molar-refractivity contribution is 6.34. The third-order valence-electron chi connectivity index (χ3n) is 3.97. The summed E-state index contributed by atoms with van der Waals surface area (Å²) in [6.45, 7) is 9.83. The fourth-order valence-electron chi connectivity index (χ4n) is 2.41. The van der Waals surface area contributed by atoms with Crippen molar-refractivity contribution < 1.29 is 9.59 Å². The molecule has 0 aliphatic rings. The summed E-state index contributed by atoms with van der Waals surface area (Å²) in [5.41, 5.74) is 1.33. The molecule has 0 atom stereocenters. The molecular weight excluding hydrogens is 312 g/mol. The highest BCUT2D eigenvalue weighted by Gasteiger charge is 2.38. The first-order valence-corrected chi connectivity index (χ1v) is 8.32. The van der Waals surface area contributed by atoms with Crippen molar-refractivity contribution in [2.75, 3.05) is 18.9 Å². The molecule has 128 valence electrons. The number of unbranched alkanes of at least 4 members (excludes halogenated alkanes) is 1. The highest BCUT2D eigenvalue weighted by Crippen LogP contribution is 2.30. The number of carbonyl (C=O) groups excluding carboxylic acids is 2. The fourth-order valence-corrected chi connectivity index (χ4v) is 2.78. The van der Waals surface area contributed by atoms with E-state index in [1.807, 2.05) is 19.9 Å². The van der Waals surface area contributed by atoms with Gasteiger partial charge in [-0.25, -0.2) is 0 Å². The Bertz CT molecular complexity index is 574. The molecule has 0 saturated carbocycles. The number of hydrogen-bond donors (Lipinski definition) is 1. The maximum Gasteiger partial charge on any atom is 0.239 e. The molecule has 1 aromatic rings. The minimum atomic E-state index is -1.15. The van der Waals surface area contributed by atoms with Gasteiger partial charge >= 0.3 is 0 Å². The van der Waals surface area contributed by atoms with Gasteiger partial charge in [0.2, 0.25) is 11.8 Å². The third-order valence-corrected chi connectivity index (χ3v) is 4.26. The Morgan fingerprint density at radius 3 is 2.39 bits per heavy atom. The van der Waals surface area contributed by atoms with E-state index in [1.54, 1.807) is 31.9 Å².